The molecule has 0 unspecified atom stereocenters. The Balaban J connectivity index is 2.00. The van der Waals surface area contributed by atoms with Crippen LogP contribution in [0.25, 0.3) is 0 Å². The highest BCUT2D eigenvalue weighted by Crippen LogP contribution is 2.30. The average molecular weight is 395 g/mol. The molecule has 0 aliphatic carbocycles. The number of alkyl halides is 3. The van der Waals surface area contributed by atoms with Gasteiger partial charge in [-0.1, -0.05) is 18.2 Å². The van der Waals surface area contributed by atoms with Crippen molar-refractivity contribution in [3.05, 3.63) is 63.7 Å². The van der Waals surface area contributed by atoms with Crippen molar-refractivity contribution >= 4 is 29.4 Å². The van der Waals surface area contributed by atoms with Crippen LogP contribution in [0.1, 0.15) is 11.1 Å². The summed E-state index contributed by atoms with van der Waals surface area (Å²) in [5, 5.41) is 27.3. The Kier molecular flexibility index (Phi) is 5.93. The number of amides is 2. The Morgan fingerprint density at radius 1 is 1.11 bits per heavy atom. The molecule has 2 rings (SSSR count). The number of nitro benzene ring substituents is 1. The Labute approximate surface area is 154 Å². The first kappa shape index (κ1) is 20.4. The molecule has 0 saturated carbocycles. The number of carbonyl (C=O) groups is 2. The first-order valence-corrected chi connectivity index (χ1v) is 7.35. The summed E-state index contributed by atoms with van der Waals surface area (Å²) < 4.78 is 37.9. The van der Waals surface area contributed by atoms with E-state index in [2.05, 4.69) is 5.10 Å². The molecule has 0 bridgehead atoms. The summed E-state index contributed by atoms with van der Waals surface area (Å²) in [7, 11) is 0. The number of carbonyl (C=O) groups excluding carboxylic acids is 2. The van der Waals surface area contributed by atoms with Gasteiger partial charge in [0.2, 0.25) is 0 Å². The number of hydrogen-bond donors (Lipinski definition) is 2. The molecule has 2 aromatic carbocycles. The van der Waals surface area contributed by atoms with Gasteiger partial charge in [-0.05, 0) is 23.9 Å². The van der Waals surface area contributed by atoms with Crippen molar-refractivity contribution in [2.24, 2.45) is 5.10 Å². The van der Waals surface area contributed by atoms with E-state index in [0.29, 0.717) is 6.07 Å². The molecule has 0 heterocycles. The molecule has 0 atom stereocenters. The lowest BCUT2D eigenvalue weighted by molar-refractivity contribution is -0.398. The zero-order chi connectivity index (χ0) is 20.9. The van der Waals surface area contributed by atoms with Gasteiger partial charge in [-0.15, -0.1) is 0 Å². The second-order valence-electron chi connectivity index (χ2n) is 5.22. The van der Waals surface area contributed by atoms with Crippen molar-refractivity contribution in [2.75, 3.05) is 5.32 Å². The summed E-state index contributed by atoms with van der Waals surface area (Å²) in [5.74, 6) is -3.38. The number of halogens is 3. The molecule has 0 spiro atoms. The normalized spacial score (nSPS) is 11.2. The van der Waals surface area contributed by atoms with E-state index in [-0.39, 0.29) is 11.3 Å². The van der Waals surface area contributed by atoms with Crippen molar-refractivity contribution in [2.45, 2.75) is 6.18 Å². The van der Waals surface area contributed by atoms with Gasteiger partial charge in [0, 0.05) is 17.3 Å². The Morgan fingerprint density at radius 2 is 1.82 bits per heavy atom. The zero-order valence-corrected chi connectivity index (χ0v) is 13.7. The molecule has 0 aliphatic heterocycles. The van der Waals surface area contributed by atoms with Crippen LogP contribution in [0.5, 0.6) is 5.75 Å². The topological polar surface area (TPSA) is 137 Å². The second kappa shape index (κ2) is 8.16. The van der Waals surface area contributed by atoms with Gasteiger partial charge in [-0.25, -0.2) is 5.43 Å². The molecule has 0 fully saturated rings. The SMILES string of the molecule is O=C(N/N=C\c1ccc([O-])c([N+](=O)[O-])c1)C(=O)Nc1cccc(C(F)(F)F)c1. The van der Waals surface area contributed by atoms with Crippen molar-refractivity contribution in [3.63, 3.8) is 0 Å². The number of hydrazone groups is 1. The van der Waals surface area contributed by atoms with Crippen molar-refractivity contribution < 1.29 is 32.8 Å². The van der Waals surface area contributed by atoms with Crippen LogP contribution >= 0.6 is 0 Å². The molecule has 2 N–H and O–H groups in total. The molecule has 0 aromatic heterocycles. The van der Waals surface area contributed by atoms with Crippen molar-refractivity contribution in [3.8, 4) is 5.75 Å². The smallest absolute Gasteiger partial charge is 0.416 e. The lowest BCUT2D eigenvalue weighted by Crippen LogP contribution is -2.32. The number of nitrogens with zero attached hydrogens (tertiary/aromatic N) is 2. The van der Waals surface area contributed by atoms with Crippen LogP contribution in [0, 0.1) is 10.1 Å². The minimum absolute atomic E-state index is 0.102. The summed E-state index contributed by atoms with van der Waals surface area (Å²) >= 11 is 0. The maximum Gasteiger partial charge on any atom is 0.416 e. The summed E-state index contributed by atoms with van der Waals surface area (Å²) in [4.78, 5) is 33.1. The lowest BCUT2D eigenvalue weighted by Gasteiger charge is -2.09. The molecular formula is C16H10F3N4O5-. The minimum atomic E-state index is -4.62. The molecular weight excluding hydrogens is 385 g/mol. The molecule has 146 valence electrons. The van der Waals surface area contributed by atoms with E-state index in [1.807, 2.05) is 10.7 Å². The molecule has 2 amide bonds. The largest absolute Gasteiger partial charge is 0.868 e. The highest BCUT2D eigenvalue weighted by Gasteiger charge is 2.30. The van der Waals surface area contributed by atoms with E-state index >= 15 is 0 Å². The van der Waals surface area contributed by atoms with E-state index in [4.69, 9.17) is 0 Å². The van der Waals surface area contributed by atoms with Gasteiger partial charge in [-0.3, -0.25) is 19.7 Å². The van der Waals surface area contributed by atoms with Crippen LogP contribution in [-0.4, -0.2) is 23.0 Å². The molecule has 12 heteroatoms. The predicted octanol–water partition coefficient (Wildman–Crippen LogP) is 1.78. The highest BCUT2D eigenvalue weighted by atomic mass is 19.4. The molecule has 0 radical (unpaired) electrons. The fourth-order valence-corrected chi connectivity index (χ4v) is 1.93. The monoisotopic (exact) mass is 395 g/mol. The van der Waals surface area contributed by atoms with Gasteiger partial charge in [0.25, 0.3) is 5.69 Å². The maximum atomic E-state index is 12.6. The standard InChI is InChI=1S/C16H11F3N4O5/c17-16(18,19)10-2-1-3-11(7-10)21-14(25)15(26)22-20-8-9-4-5-13(24)12(6-9)23(27)28/h1-8,24H,(H,21,25)(H,22,26)/p-1/b20-8-. The van der Waals surface area contributed by atoms with Crippen molar-refractivity contribution in [1.29, 1.82) is 0 Å². The van der Waals surface area contributed by atoms with Gasteiger partial charge < -0.3 is 10.4 Å². The van der Waals surface area contributed by atoms with Gasteiger partial charge in [0.05, 0.1) is 16.7 Å². The van der Waals surface area contributed by atoms with E-state index in [0.717, 1.165) is 36.5 Å². The number of nitro groups is 1. The van der Waals surface area contributed by atoms with Crippen LogP contribution in [0.4, 0.5) is 24.5 Å². The second-order valence-corrected chi connectivity index (χ2v) is 5.22. The Morgan fingerprint density at radius 3 is 2.46 bits per heavy atom. The number of anilines is 1. The Hall–Kier alpha value is -3.96. The van der Waals surface area contributed by atoms with Gasteiger partial charge in [-0.2, -0.15) is 18.3 Å². The maximum absolute atomic E-state index is 12.6. The molecule has 28 heavy (non-hydrogen) atoms. The van der Waals surface area contributed by atoms with E-state index in [1.165, 1.54) is 6.07 Å². The van der Waals surface area contributed by atoms with Crippen molar-refractivity contribution in [1.82, 2.24) is 5.43 Å². The summed E-state index contributed by atoms with van der Waals surface area (Å²) in [5.41, 5.74) is -0.0441. The van der Waals surface area contributed by atoms with Crippen LogP contribution in [0.2, 0.25) is 0 Å². The third kappa shape index (κ3) is 5.27. The molecule has 2 aromatic rings. The van der Waals surface area contributed by atoms with E-state index < -0.39 is 39.9 Å². The summed E-state index contributed by atoms with van der Waals surface area (Å²) in [6.45, 7) is 0. The predicted molar refractivity (Wildman–Crippen MR) is 88.4 cm³/mol. The fraction of sp³-hybridized carbons (Fsp3) is 0.0625. The third-order valence-corrected chi connectivity index (χ3v) is 3.21. The summed E-state index contributed by atoms with van der Waals surface area (Å²) in [6.07, 6.45) is -3.67. The van der Waals surface area contributed by atoms with Crippen LogP contribution < -0.4 is 15.8 Å². The number of benzene rings is 2. The quantitative estimate of drug-likeness (QED) is 0.352. The molecule has 9 nitrogen and oxygen atoms in total. The van der Waals surface area contributed by atoms with E-state index in [1.54, 1.807) is 0 Å². The number of hydrogen-bond acceptors (Lipinski definition) is 6. The number of nitrogens with one attached hydrogen (secondary N) is 2. The Bertz CT molecular complexity index is 960. The third-order valence-electron chi connectivity index (χ3n) is 3.21. The number of rotatable bonds is 4. The first-order valence-electron chi connectivity index (χ1n) is 7.35. The fourth-order valence-electron chi connectivity index (χ4n) is 1.93. The van der Waals surface area contributed by atoms with Crippen LogP contribution in [-0.2, 0) is 15.8 Å². The highest BCUT2D eigenvalue weighted by molar-refractivity contribution is 6.39. The first-order chi connectivity index (χ1) is 13.1. The van der Waals surface area contributed by atoms with E-state index in [9.17, 15) is 38.0 Å². The van der Waals surface area contributed by atoms with Gasteiger partial charge >= 0.3 is 18.0 Å². The van der Waals surface area contributed by atoms with Crippen LogP contribution in [0.3, 0.4) is 0 Å². The lowest BCUT2D eigenvalue weighted by atomic mass is 10.2. The zero-order valence-electron chi connectivity index (χ0n) is 13.7. The molecule has 0 saturated heterocycles. The van der Waals surface area contributed by atoms with Gasteiger partial charge in [0.15, 0.2) is 0 Å². The van der Waals surface area contributed by atoms with Crippen LogP contribution in [0.15, 0.2) is 47.6 Å². The molecule has 0 aliphatic rings. The minimum Gasteiger partial charge on any atom is -0.868 e. The average Bonchev–Trinajstić information content (AvgIpc) is 2.62. The summed E-state index contributed by atoms with van der Waals surface area (Å²) in [6, 6.07) is 6.72. The van der Waals surface area contributed by atoms with Gasteiger partial charge in [0.1, 0.15) is 0 Å².